The summed E-state index contributed by atoms with van der Waals surface area (Å²) in [6.45, 7) is 1.62. The van der Waals surface area contributed by atoms with Crippen LogP contribution in [0.1, 0.15) is 17.9 Å². The minimum Gasteiger partial charge on any atom is -0.483 e. The van der Waals surface area contributed by atoms with Gasteiger partial charge >= 0.3 is 0 Å². The standard InChI is InChI=1S/C21H20N2O2/c24-21(23-13-11-17(14-23)16-6-2-1-3-7-16)15-25-20-10-12-22-19-9-5-4-8-18(19)20/h1-10,12,17H,11,13-15H2/t17-/m0/s1. The summed E-state index contributed by atoms with van der Waals surface area (Å²) in [7, 11) is 0. The number of aromatic nitrogens is 1. The molecule has 3 aromatic rings. The maximum atomic E-state index is 12.5. The fourth-order valence-electron chi connectivity index (χ4n) is 3.41. The Bertz CT molecular complexity index is 874. The first kappa shape index (κ1) is 15.6. The number of rotatable bonds is 4. The molecule has 25 heavy (non-hydrogen) atoms. The van der Waals surface area contributed by atoms with Crippen molar-refractivity contribution < 1.29 is 9.53 Å². The van der Waals surface area contributed by atoms with Crippen LogP contribution >= 0.6 is 0 Å². The highest BCUT2D eigenvalue weighted by Gasteiger charge is 2.27. The number of likely N-dealkylation sites (tertiary alicyclic amines) is 1. The molecule has 0 radical (unpaired) electrons. The maximum absolute atomic E-state index is 12.5. The van der Waals surface area contributed by atoms with Crippen molar-refractivity contribution in [3.8, 4) is 5.75 Å². The minimum absolute atomic E-state index is 0.0410. The molecule has 1 aliphatic heterocycles. The number of para-hydroxylation sites is 1. The van der Waals surface area contributed by atoms with Crippen LogP contribution in [0.3, 0.4) is 0 Å². The molecule has 4 heteroatoms. The van der Waals surface area contributed by atoms with Crippen LogP contribution in [0, 0.1) is 0 Å². The quantitative estimate of drug-likeness (QED) is 0.733. The van der Waals surface area contributed by atoms with Gasteiger partial charge in [0.05, 0.1) is 5.52 Å². The second-order valence-corrected chi connectivity index (χ2v) is 6.35. The molecule has 4 nitrogen and oxygen atoms in total. The van der Waals surface area contributed by atoms with Gasteiger partial charge in [-0.2, -0.15) is 0 Å². The van der Waals surface area contributed by atoms with E-state index < -0.39 is 0 Å². The van der Waals surface area contributed by atoms with E-state index in [0.717, 1.165) is 30.4 Å². The van der Waals surface area contributed by atoms with Gasteiger partial charge in [-0.3, -0.25) is 9.78 Å². The van der Waals surface area contributed by atoms with Crippen LogP contribution < -0.4 is 4.74 Å². The van der Waals surface area contributed by atoms with E-state index in [1.165, 1.54) is 5.56 Å². The monoisotopic (exact) mass is 332 g/mol. The normalized spacial score (nSPS) is 17.0. The number of amides is 1. The summed E-state index contributed by atoms with van der Waals surface area (Å²) in [5.74, 6) is 1.17. The number of nitrogens with zero attached hydrogens (tertiary/aromatic N) is 2. The van der Waals surface area contributed by atoms with Gasteiger partial charge in [-0.15, -0.1) is 0 Å². The zero-order chi connectivity index (χ0) is 17.1. The van der Waals surface area contributed by atoms with E-state index >= 15 is 0 Å². The summed E-state index contributed by atoms with van der Waals surface area (Å²) in [6, 6.07) is 20.0. The van der Waals surface area contributed by atoms with Gasteiger partial charge in [0.25, 0.3) is 5.91 Å². The van der Waals surface area contributed by atoms with E-state index in [9.17, 15) is 4.79 Å². The lowest BCUT2D eigenvalue weighted by molar-refractivity contribution is -0.132. The van der Waals surface area contributed by atoms with Crippen molar-refractivity contribution in [1.29, 1.82) is 0 Å². The third kappa shape index (κ3) is 3.33. The fraction of sp³-hybridized carbons (Fsp3) is 0.238. The Kier molecular flexibility index (Phi) is 4.34. The largest absolute Gasteiger partial charge is 0.483 e. The Labute approximate surface area is 147 Å². The van der Waals surface area contributed by atoms with Gasteiger partial charge in [0, 0.05) is 30.6 Å². The van der Waals surface area contributed by atoms with Crippen molar-refractivity contribution in [2.24, 2.45) is 0 Å². The van der Waals surface area contributed by atoms with Crippen LogP contribution in [0.2, 0.25) is 0 Å². The molecule has 0 unspecified atom stereocenters. The number of carbonyl (C=O) groups excluding carboxylic acids is 1. The Balaban J connectivity index is 1.39. The lowest BCUT2D eigenvalue weighted by Crippen LogP contribution is -2.32. The first-order chi connectivity index (χ1) is 12.3. The molecule has 1 saturated heterocycles. The van der Waals surface area contributed by atoms with E-state index in [1.54, 1.807) is 6.20 Å². The van der Waals surface area contributed by atoms with Gasteiger partial charge in [-0.25, -0.2) is 0 Å². The number of pyridine rings is 1. The van der Waals surface area contributed by atoms with Gasteiger partial charge in [-0.1, -0.05) is 42.5 Å². The molecule has 1 atom stereocenters. The van der Waals surface area contributed by atoms with Crippen molar-refractivity contribution >= 4 is 16.8 Å². The van der Waals surface area contributed by atoms with Crippen molar-refractivity contribution in [3.05, 3.63) is 72.4 Å². The summed E-state index contributed by atoms with van der Waals surface area (Å²) >= 11 is 0. The first-order valence-corrected chi connectivity index (χ1v) is 8.60. The predicted octanol–water partition coefficient (Wildman–Crippen LogP) is 3.63. The molecule has 0 saturated carbocycles. The zero-order valence-electron chi connectivity index (χ0n) is 14.0. The Morgan fingerprint density at radius 2 is 1.88 bits per heavy atom. The Hall–Kier alpha value is -2.88. The third-order valence-electron chi connectivity index (χ3n) is 4.77. The number of benzene rings is 2. The highest BCUT2D eigenvalue weighted by molar-refractivity contribution is 5.85. The molecule has 0 N–H and O–H groups in total. The average molecular weight is 332 g/mol. The first-order valence-electron chi connectivity index (χ1n) is 8.60. The summed E-state index contributed by atoms with van der Waals surface area (Å²) < 4.78 is 5.80. The summed E-state index contributed by atoms with van der Waals surface area (Å²) in [5.41, 5.74) is 2.18. The third-order valence-corrected chi connectivity index (χ3v) is 4.77. The van der Waals surface area contributed by atoms with Crippen LogP contribution in [-0.2, 0) is 4.79 Å². The van der Waals surface area contributed by atoms with Crippen molar-refractivity contribution in [3.63, 3.8) is 0 Å². The van der Waals surface area contributed by atoms with E-state index in [0.29, 0.717) is 11.7 Å². The van der Waals surface area contributed by atoms with Crippen molar-refractivity contribution in [1.82, 2.24) is 9.88 Å². The van der Waals surface area contributed by atoms with Gasteiger partial charge in [0.15, 0.2) is 6.61 Å². The lowest BCUT2D eigenvalue weighted by atomic mass is 9.99. The molecule has 2 heterocycles. The highest BCUT2D eigenvalue weighted by Crippen LogP contribution is 2.27. The molecule has 1 fully saturated rings. The van der Waals surface area contributed by atoms with Crippen LogP contribution in [0.4, 0.5) is 0 Å². The molecule has 126 valence electrons. The second kappa shape index (κ2) is 6.93. The van der Waals surface area contributed by atoms with E-state index in [2.05, 4.69) is 29.2 Å². The Morgan fingerprint density at radius 1 is 1.08 bits per heavy atom. The van der Waals surface area contributed by atoms with Gasteiger partial charge < -0.3 is 9.64 Å². The SMILES string of the molecule is O=C(COc1ccnc2ccccc12)N1CC[C@H](c2ccccc2)C1. The van der Waals surface area contributed by atoms with E-state index in [4.69, 9.17) is 4.74 Å². The number of hydrogen-bond donors (Lipinski definition) is 0. The summed E-state index contributed by atoms with van der Waals surface area (Å²) in [4.78, 5) is 18.7. The van der Waals surface area contributed by atoms with E-state index in [-0.39, 0.29) is 12.5 Å². The number of ether oxygens (including phenoxy) is 1. The second-order valence-electron chi connectivity index (χ2n) is 6.35. The average Bonchev–Trinajstić information content (AvgIpc) is 3.17. The van der Waals surface area contributed by atoms with Crippen molar-refractivity contribution in [2.75, 3.05) is 19.7 Å². The molecule has 1 aliphatic rings. The lowest BCUT2D eigenvalue weighted by Gasteiger charge is -2.17. The highest BCUT2D eigenvalue weighted by atomic mass is 16.5. The topological polar surface area (TPSA) is 42.4 Å². The molecule has 1 aromatic heterocycles. The van der Waals surface area contributed by atoms with Crippen LogP contribution in [0.5, 0.6) is 5.75 Å². The van der Waals surface area contributed by atoms with Gasteiger partial charge in [-0.05, 0) is 30.2 Å². The van der Waals surface area contributed by atoms with Gasteiger partial charge in [0.2, 0.25) is 0 Å². The smallest absolute Gasteiger partial charge is 0.260 e. The van der Waals surface area contributed by atoms with Crippen molar-refractivity contribution in [2.45, 2.75) is 12.3 Å². The fourth-order valence-corrected chi connectivity index (χ4v) is 3.41. The van der Waals surface area contributed by atoms with Gasteiger partial charge in [0.1, 0.15) is 5.75 Å². The summed E-state index contributed by atoms with van der Waals surface area (Å²) in [5, 5.41) is 0.932. The Morgan fingerprint density at radius 3 is 2.76 bits per heavy atom. The molecular weight excluding hydrogens is 312 g/mol. The summed E-state index contributed by atoms with van der Waals surface area (Å²) in [6.07, 6.45) is 2.72. The molecular formula is C21H20N2O2. The number of fused-ring (bicyclic) bond motifs is 1. The molecule has 2 aromatic carbocycles. The molecule has 0 aliphatic carbocycles. The van der Waals surface area contributed by atoms with Crippen LogP contribution in [0.15, 0.2) is 66.9 Å². The zero-order valence-corrected chi connectivity index (χ0v) is 14.0. The minimum atomic E-state index is 0.0410. The van der Waals surface area contributed by atoms with Crippen LogP contribution in [0.25, 0.3) is 10.9 Å². The van der Waals surface area contributed by atoms with E-state index in [1.807, 2.05) is 41.3 Å². The molecule has 0 spiro atoms. The van der Waals surface area contributed by atoms with Crippen LogP contribution in [-0.4, -0.2) is 35.5 Å². The number of hydrogen-bond acceptors (Lipinski definition) is 3. The molecule has 4 rings (SSSR count). The number of carbonyl (C=O) groups is 1. The molecule has 0 bridgehead atoms. The molecule has 1 amide bonds. The maximum Gasteiger partial charge on any atom is 0.260 e. The predicted molar refractivity (Wildman–Crippen MR) is 97.6 cm³/mol.